The Balaban J connectivity index is 2.00. The van der Waals surface area contributed by atoms with E-state index < -0.39 is 12.0 Å². The SMILES string of the molecule is N[C@@H](CCCNCc1cccs1)C(=O)O. The van der Waals surface area contributed by atoms with Gasteiger partial charge < -0.3 is 16.2 Å². The maximum Gasteiger partial charge on any atom is 0.320 e. The highest BCUT2D eigenvalue weighted by molar-refractivity contribution is 7.09. The van der Waals surface area contributed by atoms with Crippen LogP contribution >= 0.6 is 11.3 Å². The minimum absolute atomic E-state index is 0.521. The Morgan fingerprint density at radius 2 is 2.47 bits per heavy atom. The molecule has 0 amide bonds. The molecule has 84 valence electrons. The van der Waals surface area contributed by atoms with Crippen molar-refractivity contribution in [3.8, 4) is 0 Å². The largest absolute Gasteiger partial charge is 0.480 e. The Kier molecular flexibility index (Phi) is 5.31. The van der Waals surface area contributed by atoms with E-state index in [0.29, 0.717) is 6.42 Å². The van der Waals surface area contributed by atoms with Crippen LogP contribution < -0.4 is 11.1 Å². The van der Waals surface area contributed by atoms with Gasteiger partial charge in [0, 0.05) is 11.4 Å². The monoisotopic (exact) mass is 228 g/mol. The molecule has 1 atom stereocenters. The van der Waals surface area contributed by atoms with E-state index >= 15 is 0 Å². The van der Waals surface area contributed by atoms with Crippen molar-refractivity contribution in [1.29, 1.82) is 0 Å². The third kappa shape index (κ3) is 4.92. The van der Waals surface area contributed by atoms with Gasteiger partial charge in [0.15, 0.2) is 0 Å². The summed E-state index contributed by atoms with van der Waals surface area (Å²) in [5, 5.41) is 13.8. The van der Waals surface area contributed by atoms with Crippen molar-refractivity contribution in [3.05, 3.63) is 22.4 Å². The second-order valence-corrected chi connectivity index (χ2v) is 4.38. The van der Waals surface area contributed by atoms with Crippen LogP contribution in [-0.2, 0) is 11.3 Å². The maximum absolute atomic E-state index is 10.4. The van der Waals surface area contributed by atoms with Crippen molar-refractivity contribution in [1.82, 2.24) is 5.32 Å². The molecular formula is C10H16N2O2S. The second-order valence-electron chi connectivity index (χ2n) is 3.34. The summed E-state index contributed by atoms with van der Waals surface area (Å²) < 4.78 is 0. The standard InChI is InChI=1S/C10H16N2O2S/c11-9(10(13)14)4-1-5-12-7-8-3-2-6-15-8/h2-3,6,9,12H,1,4-5,7,11H2,(H,13,14)/t9-/m0/s1. The summed E-state index contributed by atoms with van der Waals surface area (Å²) >= 11 is 1.71. The van der Waals surface area contributed by atoms with Gasteiger partial charge in [0.25, 0.3) is 0 Å². The molecule has 0 radical (unpaired) electrons. The summed E-state index contributed by atoms with van der Waals surface area (Å²) in [5.41, 5.74) is 5.37. The lowest BCUT2D eigenvalue weighted by molar-refractivity contribution is -0.138. The molecule has 4 N–H and O–H groups in total. The third-order valence-corrected chi connectivity index (χ3v) is 2.94. The van der Waals surface area contributed by atoms with Crippen LogP contribution in [-0.4, -0.2) is 23.7 Å². The molecule has 0 unspecified atom stereocenters. The summed E-state index contributed by atoms with van der Waals surface area (Å²) in [4.78, 5) is 11.7. The summed E-state index contributed by atoms with van der Waals surface area (Å²) in [6.07, 6.45) is 1.31. The first kappa shape index (κ1) is 12.2. The van der Waals surface area contributed by atoms with Gasteiger partial charge in [-0.1, -0.05) is 6.07 Å². The van der Waals surface area contributed by atoms with Crippen molar-refractivity contribution in [2.75, 3.05) is 6.54 Å². The van der Waals surface area contributed by atoms with Crippen LogP contribution in [0.15, 0.2) is 17.5 Å². The number of carboxylic acids is 1. The first-order chi connectivity index (χ1) is 7.20. The lowest BCUT2D eigenvalue weighted by atomic mass is 10.2. The zero-order chi connectivity index (χ0) is 11.1. The van der Waals surface area contributed by atoms with Gasteiger partial charge in [-0.3, -0.25) is 4.79 Å². The number of carbonyl (C=O) groups is 1. The lowest BCUT2D eigenvalue weighted by Gasteiger charge is -2.06. The zero-order valence-corrected chi connectivity index (χ0v) is 9.30. The fourth-order valence-corrected chi connectivity index (χ4v) is 1.87. The van der Waals surface area contributed by atoms with Crippen molar-refractivity contribution < 1.29 is 9.90 Å². The van der Waals surface area contributed by atoms with E-state index in [1.54, 1.807) is 11.3 Å². The van der Waals surface area contributed by atoms with Crippen molar-refractivity contribution in [2.24, 2.45) is 5.73 Å². The van der Waals surface area contributed by atoms with E-state index in [1.807, 2.05) is 11.4 Å². The number of hydrogen-bond donors (Lipinski definition) is 3. The van der Waals surface area contributed by atoms with Gasteiger partial charge in [0.05, 0.1) is 0 Å². The minimum atomic E-state index is -0.923. The summed E-state index contributed by atoms with van der Waals surface area (Å²) in [5.74, 6) is -0.923. The zero-order valence-electron chi connectivity index (χ0n) is 8.48. The first-order valence-corrected chi connectivity index (χ1v) is 5.79. The van der Waals surface area contributed by atoms with Gasteiger partial charge in [0.2, 0.25) is 0 Å². The van der Waals surface area contributed by atoms with E-state index in [4.69, 9.17) is 10.8 Å². The predicted octanol–water partition coefficient (Wildman–Crippen LogP) is 1.03. The predicted molar refractivity (Wildman–Crippen MR) is 60.9 cm³/mol. The molecule has 0 aliphatic carbocycles. The van der Waals surface area contributed by atoms with Crippen LogP contribution in [0.25, 0.3) is 0 Å². The molecule has 4 nitrogen and oxygen atoms in total. The number of rotatable bonds is 7. The molecule has 0 saturated carbocycles. The molecule has 0 bridgehead atoms. The normalized spacial score (nSPS) is 12.6. The molecule has 1 aromatic rings. The van der Waals surface area contributed by atoms with Gasteiger partial charge in [0.1, 0.15) is 6.04 Å². The molecule has 0 aromatic carbocycles. The highest BCUT2D eigenvalue weighted by atomic mass is 32.1. The quantitative estimate of drug-likeness (QED) is 0.609. The summed E-state index contributed by atoms with van der Waals surface area (Å²) in [7, 11) is 0. The molecular weight excluding hydrogens is 212 g/mol. The van der Waals surface area contributed by atoms with Crippen molar-refractivity contribution in [2.45, 2.75) is 25.4 Å². The lowest BCUT2D eigenvalue weighted by Crippen LogP contribution is -2.30. The topological polar surface area (TPSA) is 75.3 Å². The van der Waals surface area contributed by atoms with Crippen LogP contribution in [0.5, 0.6) is 0 Å². The molecule has 1 aromatic heterocycles. The average Bonchev–Trinajstić information content (AvgIpc) is 2.69. The number of nitrogens with one attached hydrogen (secondary N) is 1. The number of thiophene rings is 1. The summed E-state index contributed by atoms with van der Waals surface area (Å²) in [6.45, 7) is 1.65. The van der Waals surface area contributed by atoms with Crippen LogP contribution in [0.3, 0.4) is 0 Å². The molecule has 0 fully saturated rings. The molecule has 0 spiro atoms. The van der Waals surface area contributed by atoms with Crippen LogP contribution in [0.4, 0.5) is 0 Å². The molecule has 1 heterocycles. The Hall–Kier alpha value is -0.910. The van der Waals surface area contributed by atoms with Crippen molar-refractivity contribution in [3.63, 3.8) is 0 Å². The number of aliphatic carboxylic acids is 1. The van der Waals surface area contributed by atoms with E-state index in [0.717, 1.165) is 19.5 Å². The minimum Gasteiger partial charge on any atom is -0.480 e. The smallest absolute Gasteiger partial charge is 0.320 e. The third-order valence-electron chi connectivity index (χ3n) is 2.07. The highest BCUT2D eigenvalue weighted by Gasteiger charge is 2.09. The Labute approximate surface area is 93.1 Å². The van der Waals surface area contributed by atoms with E-state index in [1.165, 1.54) is 4.88 Å². The number of carboxylic acid groups (broad SMARTS) is 1. The number of hydrogen-bond acceptors (Lipinski definition) is 4. The Morgan fingerprint density at radius 1 is 1.67 bits per heavy atom. The van der Waals surface area contributed by atoms with E-state index in [-0.39, 0.29) is 0 Å². The molecule has 1 rings (SSSR count). The van der Waals surface area contributed by atoms with Crippen LogP contribution in [0.2, 0.25) is 0 Å². The van der Waals surface area contributed by atoms with E-state index in [2.05, 4.69) is 11.4 Å². The Morgan fingerprint density at radius 3 is 3.07 bits per heavy atom. The van der Waals surface area contributed by atoms with Gasteiger partial charge in [-0.2, -0.15) is 0 Å². The van der Waals surface area contributed by atoms with Crippen molar-refractivity contribution >= 4 is 17.3 Å². The first-order valence-electron chi connectivity index (χ1n) is 4.91. The van der Waals surface area contributed by atoms with Gasteiger partial charge in [-0.15, -0.1) is 11.3 Å². The van der Waals surface area contributed by atoms with Gasteiger partial charge in [-0.25, -0.2) is 0 Å². The molecule has 0 saturated heterocycles. The van der Waals surface area contributed by atoms with Gasteiger partial charge >= 0.3 is 5.97 Å². The Bertz CT molecular complexity index is 288. The molecule has 15 heavy (non-hydrogen) atoms. The van der Waals surface area contributed by atoms with E-state index in [9.17, 15) is 4.79 Å². The van der Waals surface area contributed by atoms with Gasteiger partial charge in [-0.05, 0) is 30.8 Å². The summed E-state index contributed by atoms with van der Waals surface area (Å²) in [6, 6.07) is 3.36. The second kappa shape index (κ2) is 6.55. The molecule has 0 aliphatic heterocycles. The maximum atomic E-state index is 10.4. The molecule has 5 heteroatoms. The van der Waals surface area contributed by atoms with Crippen LogP contribution in [0, 0.1) is 0 Å². The average molecular weight is 228 g/mol. The highest BCUT2D eigenvalue weighted by Crippen LogP contribution is 2.07. The fraction of sp³-hybridized carbons (Fsp3) is 0.500. The van der Waals surface area contributed by atoms with Crippen LogP contribution in [0.1, 0.15) is 17.7 Å². The molecule has 0 aliphatic rings. The fourth-order valence-electron chi connectivity index (χ4n) is 1.20. The number of nitrogens with two attached hydrogens (primary N) is 1.